The first-order chi connectivity index (χ1) is 13.8. The zero-order valence-corrected chi connectivity index (χ0v) is 18.3. The van der Waals surface area contributed by atoms with Gasteiger partial charge in [-0.05, 0) is 51.0 Å². The van der Waals surface area contributed by atoms with Crippen LogP contribution in [-0.2, 0) is 4.79 Å². The van der Waals surface area contributed by atoms with Crippen LogP contribution in [0, 0.1) is 27.7 Å². The standard InChI is InChI=1S/C22H26N4O2S/c1-14-7-6-8-19(16(14)3)24-21(28)13-25(5)12-20(27)18-11-15(2)26(17(18)4)22-23-9-10-29-22/h6-11H,12-13H2,1-5H3,(H,24,28)/p+1. The van der Waals surface area contributed by atoms with Crippen molar-refractivity contribution in [2.45, 2.75) is 27.7 Å². The molecule has 3 aromatic rings. The van der Waals surface area contributed by atoms with E-state index in [2.05, 4.69) is 10.3 Å². The predicted molar refractivity (Wildman–Crippen MR) is 116 cm³/mol. The Bertz CT molecular complexity index is 1040. The van der Waals surface area contributed by atoms with Gasteiger partial charge in [0.1, 0.15) is 6.54 Å². The smallest absolute Gasteiger partial charge is 0.279 e. The number of carbonyl (C=O) groups excluding carboxylic acids is 2. The summed E-state index contributed by atoms with van der Waals surface area (Å²) in [6.07, 6.45) is 1.76. The van der Waals surface area contributed by atoms with Crippen molar-refractivity contribution in [2.24, 2.45) is 0 Å². The first-order valence-corrected chi connectivity index (χ1v) is 10.4. The topological polar surface area (TPSA) is 68.4 Å². The molecule has 7 heteroatoms. The van der Waals surface area contributed by atoms with Crippen LogP contribution in [0.15, 0.2) is 35.8 Å². The molecule has 1 atom stereocenters. The Balaban J connectivity index is 1.64. The van der Waals surface area contributed by atoms with Gasteiger partial charge < -0.3 is 10.2 Å². The van der Waals surface area contributed by atoms with Gasteiger partial charge in [0.2, 0.25) is 5.78 Å². The molecule has 0 aliphatic heterocycles. The highest BCUT2D eigenvalue weighted by Crippen LogP contribution is 2.22. The highest BCUT2D eigenvalue weighted by molar-refractivity contribution is 7.12. The molecule has 0 saturated heterocycles. The Morgan fingerprint density at radius 2 is 1.93 bits per heavy atom. The molecular formula is C22H27N4O2S+. The van der Waals surface area contributed by atoms with Crippen LogP contribution in [0.1, 0.15) is 32.9 Å². The minimum atomic E-state index is -0.0998. The van der Waals surface area contributed by atoms with E-state index in [0.29, 0.717) is 5.56 Å². The molecule has 152 valence electrons. The summed E-state index contributed by atoms with van der Waals surface area (Å²) >= 11 is 1.54. The molecule has 2 aromatic heterocycles. The number of amides is 1. The summed E-state index contributed by atoms with van der Waals surface area (Å²) < 4.78 is 2.00. The minimum absolute atomic E-state index is 0.0259. The number of carbonyl (C=O) groups is 2. The van der Waals surface area contributed by atoms with Crippen molar-refractivity contribution in [3.8, 4) is 5.13 Å². The zero-order chi connectivity index (χ0) is 21.1. The average Bonchev–Trinajstić information content (AvgIpc) is 3.26. The van der Waals surface area contributed by atoms with Crippen molar-refractivity contribution in [2.75, 3.05) is 25.5 Å². The lowest BCUT2D eigenvalue weighted by Crippen LogP contribution is -3.11. The molecule has 2 N–H and O–H groups in total. The Hall–Kier alpha value is -2.77. The maximum atomic E-state index is 12.9. The number of benzene rings is 1. The van der Waals surface area contributed by atoms with Crippen LogP contribution < -0.4 is 10.2 Å². The van der Waals surface area contributed by atoms with Crippen molar-refractivity contribution in [3.63, 3.8) is 0 Å². The summed E-state index contributed by atoms with van der Waals surface area (Å²) in [6.45, 7) is 8.39. The molecule has 2 heterocycles. The van der Waals surface area contributed by atoms with Gasteiger partial charge in [-0.25, -0.2) is 4.98 Å². The van der Waals surface area contributed by atoms with Gasteiger partial charge in [-0.15, -0.1) is 11.3 Å². The largest absolute Gasteiger partial charge is 0.323 e. The van der Waals surface area contributed by atoms with Crippen molar-refractivity contribution < 1.29 is 14.5 Å². The number of rotatable bonds is 7. The molecule has 0 fully saturated rings. The number of Topliss-reactive ketones (excluding diaryl/α,β-unsaturated/α-hetero) is 1. The Kier molecular flexibility index (Phi) is 6.30. The lowest BCUT2D eigenvalue weighted by molar-refractivity contribution is -0.861. The average molecular weight is 412 g/mol. The summed E-state index contributed by atoms with van der Waals surface area (Å²) in [5, 5.41) is 5.73. The molecule has 6 nitrogen and oxygen atoms in total. The summed E-state index contributed by atoms with van der Waals surface area (Å²) in [4.78, 5) is 30.5. The highest BCUT2D eigenvalue weighted by Gasteiger charge is 2.21. The second-order valence-corrected chi connectivity index (χ2v) is 8.34. The molecule has 0 aliphatic carbocycles. The van der Waals surface area contributed by atoms with Gasteiger partial charge in [-0.2, -0.15) is 0 Å². The number of aromatic nitrogens is 2. The third-order valence-electron chi connectivity index (χ3n) is 5.15. The maximum absolute atomic E-state index is 12.9. The summed E-state index contributed by atoms with van der Waals surface area (Å²) in [6, 6.07) is 7.75. The zero-order valence-electron chi connectivity index (χ0n) is 17.5. The van der Waals surface area contributed by atoms with Gasteiger partial charge in [-0.3, -0.25) is 14.2 Å². The molecule has 0 aliphatic rings. The third kappa shape index (κ3) is 4.63. The number of ketones is 1. The minimum Gasteiger partial charge on any atom is -0.323 e. The second-order valence-electron chi connectivity index (χ2n) is 7.46. The molecule has 29 heavy (non-hydrogen) atoms. The number of nitrogens with zero attached hydrogens (tertiary/aromatic N) is 2. The molecule has 0 bridgehead atoms. The van der Waals surface area contributed by atoms with Crippen LogP contribution in [0.4, 0.5) is 5.69 Å². The summed E-state index contributed by atoms with van der Waals surface area (Å²) in [7, 11) is 1.86. The number of thiazole rings is 1. The van der Waals surface area contributed by atoms with Crippen molar-refractivity contribution in [1.82, 2.24) is 9.55 Å². The molecule has 0 radical (unpaired) electrons. The fourth-order valence-electron chi connectivity index (χ4n) is 3.45. The van der Waals surface area contributed by atoms with E-state index in [9.17, 15) is 9.59 Å². The monoisotopic (exact) mass is 411 g/mol. The Morgan fingerprint density at radius 1 is 1.17 bits per heavy atom. The van der Waals surface area contributed by atoms with Crippen molar-refractivity contribution >= 4 is 28.7 Å². The SMILES string of the molecule is Cc1cccc(NC(=O)C[NH+](C)CC(=O)c2cc(C)n(-c3nccs3)c2C)c1C. The van der Waals surface area contributed by atoms with E-state index < -0.39 is 0 Å². The lowest BCUT2D eigenvalue weighted by Gasteiger charge is -2.15. The van der Waals surface area contributed by atoms with Crippen LogP contribution in [0.3, 0.4) is 0 Å². The number of likely N-dealkylation sites (N-methyl/N-ethyl adjacent to an activating group) is 1. The summed E-state index contributed by atoms with van der Waals surface area (Å²) in [5.74, 6) is -0.0739. The number of hydrogen-bond acceptors (Lipinski definition) is 4. The van der Waals surface area contributed by atoms with Crippen LogP contribution in [0.5, 0.6) is 0 Å². The van der Waals surface area contributed by atoms with Crippen molar-refractivity contribution in [3.05, 3.63) is 63.9 Å². The van der Waals surface area contributed by atoms with Crippen LogP contribution in [-0.4, -0.2) is 41.4 Å². The number of quaternary nitrogens is 1. The van der Waals surface area contributed by atoms with E-state index in [4.69, 9.17) is 0 Å². The van der Waals surface area contributed by atoms with E-state index >= 15 is 0 Å². The van der Waals surface area contributed by atoms with Gasteiger partial charge in [0, 0.05) is 34.2 Å². The van der Waals surface area contributed by atoms with E-state index in [1.165, 1.54) is 11.3 Å². The Labute approximate surface area is 175 Å². The van der Waals surface area contributed by atoms with E-state index in [0.717, 1.165) is 38.2 Å². The number of aryl methyl sites for hydroxylation is 2. The first kappa shape index (κ1) is 21.0. The quantitative estimate of drug-likeness (QED) is 0.587. The molecule has 1 aromatic carbocycles. The molecule has 1 unspecified atom stereocenters. The molecular weight excluding hydrogens is 384 g/mol. The number of anilines is 1. The number of nitrogens with one attached hydrogen (secondary N) is 2. The van der Waals surface area contributed by atoms with Gasteiger partial charge in [0.05, 0.1) is 7.05 Å². The van der Waals surface area contributed by atoms with Crippen LogP contribution in [0.25, 0.3) is 5.13 Å². The van der Waals surface area contributed by atoms with Crippen molar-refractivity contribution in [1.29, 1.82) is 0 Å². The van der Waals surface area contributed by atoms with Gasteiger partial charge in [0.25, 0.3) is 5.91 Å². The first-order valence-electron chi connectivity index (χ1n) is 9.57. The highest BCUT2D eigenvalue weighted by atomic mass is 32.1. The van der Waals surface area contributed by atoms with E-state index in [-0.39, 0.29) is 24.8 Å². The molecule has 3 rings (SSSR count). The summed E-state index contributed by atoms with van der Waals surface area (Å²) in [5.41, 5.74) is 5.56. The number of hydrogen-bond donors (Lipinski definition) is 2. The van der Waals surface area contributed by atoms with E-state index in [1.54, 1.807) is 6.20 Å². The van der Waals surface area contributed by atoms with Gasteiger partial charge >= 0.3 is 0 Å². The van der Waals surface area contributed by atoms with Crippen LogP contribution >= 0.6 is 11.3 Å². The fraction of sp³-hybridized carbons (Fsp3) is 0.318. The van der Waals surface area contributed by atoms with E-state index in [1.807, 2.05) is 69.0 Å². The molecule has 0 saturated carbocycles. The van der Waals surface area contributed by atoms with Crippen LogP contribution in [0.2, 0.25) is 0 Å². The fourth-order valence-corrected chi connectivity index (χ4v) is 4.20. The Morgan fingerprint density at radius 3 is 2.62 bits per heavy atom. The van der Waals surface area contributed by atoms with Gasteiger partial charge in [0.15, 0.2) is 11.7 Å². The predicted octanol–water partition coefficient (Wildman–Crippen LogP) is 2.50. The van der Waals surface area contributed by atoms with Gasteiger partial charge in [-0.1, -0.05) is 12.1 Å². The third-order valence-corrected chi connectivity index (χ3v) is 5.90. The molecule has 0 spiro atoms. The molecule has 1 amide bonds. The normalized spacial score (nSPS) is 12.0. The maximum Gasteiger partial charge on any atom is 0.279 e. The second kappa shape index (κ2) is 8.71. The lowest BCUT2D eigenvalue weighted by atomic mass is 10.1.